The van der Waals surface area contributed by atoms with Gasteiger partial charge in [-0.1, -0.05) is 30.3 Å². The zero-order valence-corrected chi connectivity index (χ0v) is 25.4. The molecule has 0 spiro atoms. The molecule has 2 aliphatic rings. The van der Waals surface area contributed by atoms with Crippen molar-refractivity contribution in [1.29, 1.82) is 0 Å². The Morgan fingerprint density at radius 1 is 0.932 bits per heavy atom. The Balaban J connectivity index is 1.35. The van der Waals surface area contributed by atoms with Crippen molar-refractivity contribution < 1.29 is 14.4 Å². The lowest BCUT2D eigenvalue weighted by molar-refractivity contribution is -0.142. The molecule has 5 heterocycles. The number of benzene rings is 1. The highest BCUT2D eigenvalue weighted by Gasteiger charge is 2.34. The van der Waals surface area contributed by atoms with E-state index in [1.165, 1.54) is 0 Å². The van der Waals surface area contributed by atoms with Gasteiger partial charge in [0.2, 0.25) is 17.6 Å². The van der Waals surface area contributed by atoms with Gasteiger partial charge < -0.3 is 15.1 Å². The lowest BCUT2D eigenvalue weighted by Crippen LogP contribution is -2.53. The first-order valence-corrected chi connectivity index (χ1v) is 15.3. The second kappa shape index (κ2) is 12.5. The number of aromatic nitrogens is 7. The van der Waals surface area contributed by atoms with Crippen molar-refractivity contribution in [3.8, 4) is 0 Å². The molecule has 1 aromatic carbocycles. The zero-order valence-electron chi connectivity index (χ0n) is 25.4. The molecule has 3 amide bonds. The van der Waals surface area contributed by atoms with Crippen LogP contribution in [0, 0.1) is 20.8 Å². The largest absolute Gasteiger partial charge is 0.344 e. The van der Waals surface area contributed by atoms with E-state index in [9.17, 15) is 14.4 Å². The molecule has 0 radical (unpaired) electrons. The van der Waals surface area contributed by atoms with E-state index < -0.39 is 12.1 Å². The van der Waals surface area contributed by atoms with Crippen molar-refractivity contribution in [3.05, 3.63) is 70.8 Å². The van der Waals surface area contributed by atoms with Crippen LogP contribution in [0.15, 0.2) is 36.4 Å². The molecule has 1 fully saturated rings. The van der Waals surface area contributed by atoms with Gasteiger partial charge in [-0.2, -0.15) is 10.1 Å². The van der Waals surface area contributed by atoms with Gasteiger partial charge in [0.05, 0.1) is 12.6 Å². The Labute approximate surface area is 255 Å². The molecule has 230 valence electrons. The first kappa shape index (κ1) is 29.4. The van der Waals surface area contributed by atoms with E-state index in [0.29, 0.717) is 62.9 Å². The summed E-state index contributed by atoms with van der Waals surface area (Å²) in [5, 5.41) is 12.4. The minimum atomic E-state index is -0.547. The van der Waals surface area contributed by atoms with Crippen LogP contribution in [0.25, 0.3) is 5.78 Å². The van der Waals surface area contributed by atoms with Crippen LogP contribution in [0.3, 0.4) is 0 Å². The summed E-state index contributed by atoms with van der Waals surface area (Å²) in [5.41, 5.74) is 2.66. The summed E-state index contributed by atoms with van der Waals surface area (Å²) < 4.78 is 3.35. The van der Waals surface area contributed by atoms with Gasteiger partial charge in [0.25, 0.3) is 11.7 Å². The summed E-state index contributed by atoms with van der Waals surface area (Å²) in [6.45, 7) is 7.09. The molecule has 0 aliphatic carbocycles. The Morgan fingerprint density at radius 3 is 2.57 bits per heavy atom. The van der Waals surface area contributed by atoms with Gasteiger partial charge in [-0.25, -0.2) is 19.2 Å². The Kier molecular flexibility index (Phi) is 8.36. The highest BCUT2D eigenvalue weighted by molar-refractivity contribution is 5.91. The topological polar surface area (TPSA) is 144 Å². The van der Waals surface area contributed by atoms with Gasteiger partial charge in [-0.15, -0.1) is 5.10 Å². The molecule has 13 nitrogen and oxygen atoms in total. The Bertz CT molecular complexity index is 1680. The number of hydrogen-bond acceptors (Lipinski definition) is 8. The van der Waals surface area contributed by atoms with Gasteiger partial charge >= 0.3 is 0 Å². The Hall–Kier alpha value is -4.68. The first-order chi connectivity index (χ1) is 21.3. The zero-order chi connectivity index (χ0) is 30.8. The van der Waals surface area contributed by atoms with Crippen molar-refractivity contribution >= 4 is 23.5 Å². The number of nitrogens with one attached hydrogen (secondary N) is 1. The van der Waals surface area contributed by atoms with E-state index in [4.69, 9.17) is 4.98 Å². The van der Waals surface area contributed by atoms with Crippen LogP contribution in [0.4, 0.5) is 0 Å². The minimum absolute atomic E-state index is 0.0546. The van der Waals surface area contributed by atoms with Crippen LogP contribution in [0.5, 0.6) is 0 Å². The third kappa shape index (κ3) is 6.17. The van der Waals surface area contributed by atoms with Crippen molar-refractivity contribution in [2.45, 2.75) is 77.9 Å². The van der Waals surface area contributed by atoms with Crippen LogP contribution in [0.2, 0.25) is 0 Å². The smallest absolute Gasteiger partial charge is 0.293 e. The second-order valence-electron chi connectivity index (χ2n) is 11.7. The Morgan fingerprint density at radius 2 is 1.75 bits per heavy atom. The molecule has 44 heavy (non-hydrogen) atoms. The summed E-state index contributed by atoms with van der Waals surface area (Å²) in [4.78, 5) is 58.1. The van der Waals surface area contributed by atoms with E-state index in [-0.39, 0.29) is 30.0 Å². The van der Waals surface area contributed by atoms with Crippen molar-refractivity contribution in [3.63, 3.8) is 0 Å². The average Bonchev–Trinajstić information content (AvgIpc) is 3.61. The van der Waals surface area contributed by atoms with E-state index in [2.05, 4.69) is 25.5 Å². The molecule has 1 saturated heterocycles. The van der Waals surface area contributed by atoms with Crippen LogP contribution >= 0.6 is 0 Å². The number of carbonyl (C=O) groups is 3. The van der Waals surface area contributed by atoms with Crippen molar-refractivity contribution in [2.24, 2.45) is 0 Å². The molecule has 0 bridgehead atoms. The van der Waals surface area contributed by atoms with Gasteiger partial charge in [-0.3, -0.25) is 14.4 Å². The molecule has 1 N–H and O–H groups in total. The van der Waals surface area contributed by atoms with Gasteiger partial charge in [-0.05, 0) is 64.5 Å². The van der Waals surface area contributed by atoms with Gasteiger partial charge in [0.15, 0.2) is 0 Å². The molecule has 0 saturated carbocycles. The van der Waals surface area contributed by atoms with Crippen molar-refractivity contribution in [2.75, 3.05) is 19.6 Å². The fourth-order valence-electron chi connectivity index (χ4n) is 6.21. The van der Waals surface area contributed by atoms with E-state index in [1.807, 2.05) is 57.2 Å². The van der Waals surface area contributed by atoms with Gasteiger partial charge in [0.1, 0.15) is 17.7 Å². The first-order valence-electron chi connectivity index (χ1n) is 15.3. The SMILES string of the molecule is Cc1cc(C)n2nc(C(=O)N3CCCC(=O)N4CCCC[C@H]4C(=O)N[C@H](Cc4ccccc4)c4nc(C)nn4CC3)nc2n1. The predicted molar refractivity (Wildman–Crippen MR) is 161 cm³/mol. The number of amides is 3. The molecule has 6 rings (SSSR count). The monoisotopic (exact) mass is 598 g/mol. The van der Waals surface area contributed by atoms with E-state index in [0.717, 1.165) is 29.8 Å². The fourth-order valence-corrected chi connectivity index (χ4v) is 6.21. The molecule has 4 aromatic rings. The van der Waals surface area contributed by atoms with E-state index >= 15 is 0 Å². The summed E-state index contributed by atoms with van der Waals surface area (Å²) in [5.74, 6) is 1.02. The minimum Gasteiger partial charge on any atom is -0.344 e. The molecule has 13 heteroatoms. The molecule has 0 unspecified atom stereocenters. The molecular formula is C31H38N10O3. The number of aryl methyl sites for hydroxylation is 3. The quantitative estimate of drug-likeness (QED) is 0.379. The van der Waals surface area contributed by atoms with Crippen LogP contribution in [-0.2, 0) is 22.6 Å². The van der Waals surface area contributed by atoms with Crippen molar-refractivity contribution in [1.82, 2.24) is 49.5 Å². The molecule has 2 aliphatic heterocycles. The maximum absolute atomic E-state index is 13.8. The van der Waals surface area contributed by atoms with Gasteiger partial charge in [0, 0.05) is 37.4 Å². The summed E-state index contributed by atoms with van der Waals surface area (Å²) in [6, 6.07) is 10.8. The summed E-state index contributed by atoms with van der Waals surface area (Å²) >= 11 is 0. The van der Waals surface area contributed by atoms with Crippen LogP contribution in [-0.4, -0.2) is 87.5 Å². The second-order valence-corrected chi connectivity index (χ2v) is 11.7. The highest BCUT2D eigenvalue weighted by Crippen LogP contribution is 2.23. The normalized spacial score (nSPS) is 20.2. The fraction of sp³-hybridized carbons (Fsp3) is 0.484. The third-order valence-corrected chi connectivity index (χ3v) is 8.34. The predicted octanol–water partition coefficient (Wildman–Crippen LogP) is 2.36. The maximum Gasteiger partial charge on any atom is 0.293 e. The molecular weight excluding hydrogens is 560 g/mol. The van der Waals surface area contributed by atoms with E-state index in [1.54, 1.807) is 19.0 Å². The number of carbonyl (C=O) groups excluding carboxylic acids is 3. The number of fused-ring (bicyclic) bond motifs is 3. The third-order valence-electron chi connectivity index (χ3n) is 8.34. The highest BCUT2D eigenvalue weighted by atomic mass is 16.2. The maximum atomic E-state index is 13.8. The average molecular weight is 599 g/mol. The number of piperidine rings is 1. The number of nitrogens with zero attached hydrogens (tertiary/aromatic N) is 9. The van der Waals surface area contributed by atoms with Crippen LogP contribution in [0.1, 0.15) is 77.4 Å². The van der Waals surface area contributed by atoms with Crippen LogP contribution < -0.4 is 5.32 Å². The molecule has 3 aromatic heterocycles. The lowest BCUT2D eigenvalue weighted by Gasteiger charge is -2.36. The standard InChI is InChI=1S/C31H38N10O3/c1-20-18-21(2)41-31(32-20)35-27(37-41)30(44)38-14-9-13-26(42)39-15-8-7-12-25(39)29(43)34-24(19-23-10-5-4-6-11-23)28-33-22(3)36-40(28)17-16-38/h4-6,10-11,18,24-25H,7-9,12-17,19H2,1-3H3,(H,34,43)/t24-,25+/m1/s1. The number of hydrogen-bond donors (Lipinski definition) is 1. The summed E-state index contributed by atoms with van der Waals surface area (Å²) in [7, 11) is 0. The molecule has 2 atom stereocenters. The summed E-state index contributed by atoms with van der Waals surface area (Å²) in [6.07, 6.45) is 3.52. The number of rotatable bonds is 3. The lowest BCUT2D eigenvalue weighted by atomic mass is 9.99.